The van der Waals surface area contributed by atoms with Gasteiger partial charge in [-0.05, 0) is 44.6 Å². The summed E-state index contributed by atoms with van der Waals surface area (Å²) in [6.07, 6.45) is 2.44. The van der Waals surface area contributed by atoms with Crippen molar-refractivity contribution in [1.82, 2.24) is 4.90 Å². The molecule has 1 aromatic carbocycles. The van der Waals surface area contributed by atoms with Crippen LogP contribution in [0.4, 0.5) is 5.69 Å². The molecule has 1 unspecified atom stereocenters. The van der Waals surface area contributed by atoms with Crippen LogP contribution in [-0.2, 0) is 0 Å². The van der Waals surface area contributed by atoms with Crippen molar-refractivity contribution in [3.63, 3.8) is 0 Å². The van der Waals surface area contributed by atoms with Crippen molar-refractivity contribution in [2.75, 3.05) is 32.1 Å². The number of carboxylic acid groups (broad SMARTS) is 1. The second kappa shape index (κ2) is 5.80. The first-order valence-electron chi connectivity index (χ1n) is 6.43. The van der Waals surface area contributed by atoms with Crippen LogP contribution in [0.3, 0.4) is 0 Å². The number of carbonyl (C=O) groups is 1. The number of rotatable bonds is 4. The van der Waals surface area contributed by atoms with Crippen LogP contribution in [0.2, 0.25) is 5.02 Å². The Morgan fingerprint density at radius 1 is 1.58 bits per heavy atom. The van der Waals surface area contributed by atoms with Gasteiger partial charge in [-0.25, -0.2) is 4.79 Å². The fraction of sp³-hybridized carbons (Fsp3) is 0.500. The van der Waals surface area contributed by atoms with E-state index in [0.717, 1.165) is 18.8 Å². The second-order valence-electron chi connectivity index (χ2n) is 5.13. The number of likely N-dealkylation sites (tertiary alicyclic amines) is 1. The molecule has 1 aliphatic heterocycles. The summed E-state index contributed by atoms with van der Waals surface area (Å²) in [6, 6.07) is 5.42. The fourth-order valence-corrected chi connectivity index (χ4v) is 2.90. The molecule has 1 aliphatic rings. The van der Waals surface area contributed by atoms with E-state index in [1.807, 2.05) is 7.05 Å². The number of nitrogens with zero attached hydrogens (tertiary/aromatic N) is 2. The lowest BCUT2D eigenvalue weighted by Crippen LogP contribution is -2.36. The molecule has 1 N–H and O–H groups in total. The quantitative estimate of drug-likeness (QED) is 0.922. The van der Waals surface area contributed by atoms with E-state index >= 15 is 0 Å². The van der Waals surface area contributed by atoms with Gasteiger partial charge < -0.3 is 14.9 Å². The van der Waals surface area contributed by atoms with Gasteiger partial charge in [0, 0.05) is 19.6 Å². The highest BCUT2D eigenvalue weighted by Crippen LogP contribution is 2.27. The Labute approximate surface area is 118 Å². The number of anilines is 1. The van der Waals surface area contributed by atoms with E-state index in [4.69, 9.17) is 16.7 Å². The van der Waals surface area contributed by atoms with Gasteiger partial charge in [0.1, 0.15) is 0 Å². The lowest BCUT2D eigenvalue weighted by Gasteiger charge is -2.28. The molecule has 0 amide bonds. The normalized spacial score (nSPS) is 19.6. The van der Waals surface area contributed by atoms with Crippen molar-refractivity contribution in [1.29, 1.82) is 0 Å². The summed E-state index contributed by atoms with van der Waals surface area (Å²) < 4.78 is 0. The predicted molar refractivity (Wildman–Crippen MR) is 77.3 cm³/mol. The maximum Gasteiger partial charge on any atom is 0.335 e. The average molecular weight is 283 g/mol. The Kier molecular flexibility index (Phi) is 4.32. The minimum Gasteiger partial charge on any atom is -0.478 e. The van der Waals surface area contributed by atoms with Gasteiger partial charge >= 0.3 is 5.97 Å². The molecule has 1 atom stereocenters. The first-order chi connectivity index (χ1) is 8.99. The third kappa shape index (κ3) is 3.19. The number of likely N-dealkylation sites (N-methyl/N-ethyl adjacent to an activating group) is 2. The Balaban J connectivity index is 2.10. The summed E-state index contributed by atoms with van der Waals surface area (Å²) >= 11 is 6.17. The molecular weight excluding hydrogens is 264 g/mol. The van der Waals surface area contributed by atoms with Gasteiger partial charge in [0.15, 0.2) is 0 Å². The molecule has 2 rings (SSSR count). The molecule has 5 heteroatoms. The average Bonchev–Trinajstić information content (AvgIpc) is 2.74. The molecule has 1 fully saturated rings. The fourth-order valence-electron chi connectivity index (χ4n) is 2.57. The maximum absolute atomic E-state index is 10.9. The summed E-state index contributed by atoms with van der Waals surface area (Å²) in [4.78, 5) is 15.3. The van der Waals surface area contributed by atoms with E-state index in [1.54, 1.807) is 12.1 Å². The Morgan fingerprint density at radius 3 is 2.84 bits per heavy atom. The molecule has 104 valence electrons. The van der Waals surface area contributed by atoms with Crippen LogP contribution in [0.1, 0.15) is 23.2 Å². The molecule has 4 nitrogen and oxygen atoms in total. The van der Waals surface area contributed by atoms with Crippen LogP contribution in [0.15, 0.2) is 18.2 Å². The Bertz CT molecular complexity index is 479. The van der Waals surface area contributed by atoms with Gasteiger partial charge in [-0.3, -0.25) is 0 Å². The molecule has 0 aliphatic carbocycles. The van der Waals surface area contributed by atoms with Gasteiger partial charge in [0.2, 0.25) is 0 Å². The molecular formula is C14H19ClN2O2. The molecule has 1 saturated heterocycles. The van der Waals surface area contributed by atoms with Crippen molar-refractivity contribution in [3.05, 3.63) is 28.8 Å². The molecule has 0 radical (unpaired) electrons. The van der Waals surface area contributed by atoms with E-state index < -0.39 is 5.97 Å². The molecule has 0 aromatic heterocycles. The number of halogens is 1. The summed E-state index contributed by atoms with van der Waals surface area (Å²) in [5, 5.41) is 9.41. The van der Waals surface area contributed by atoms with Crippen molar-refractivity contribution >= 4 is 23.3 Å². The van der Waals surface area contributed by atoms with Gasteiger partial charge in [0.05, 0.1) is 16.3 Å². The molecule has 1 aromatic rings. The van der Waals surface area contributed by atoms with Gasteiger partial charge in [0.25, 0.3) is 0 Å². The summed E-state index contributed by atoms with van der Waals surface area (Å²) in [5.74, 6) is -0.952. The summed E-state index contributed by atoms with van der Waals surface area (Å²) in [7, 11) is 4.13. The molecule has 0 saturated carbocycles. The van der Waals surface area contributed by atoms with E-state index in [2.05, 4.69) is 16.8 Å². The largest absolute Gasteiger partial charge is 0.478 e. The number of hydrogen-bond acceptors (Lipinski definition) is 3. The minimum absolute atomic E-state index is 0.222. The SMILES string of the molecule is CN(CC1CCCN1C)c1ccc(C(=O)O)cc1Cl. The van der Waals surface area contributed by atoms with E-state index in [9.17, 15) is 4.79 Å². The number of benzene rings is 1. The Hall–Kier alpha value is -1.26. The van der Waals surface area contributed by atoms with Crippen LogP contribution >= 0.6 is 11.6 Å². The predicted octanol–water partition coefficient (Wildman–Crippen LogP) is 2.57. The maximum atomic E-state index is 10.9. The monoisotopic (exact) mass is 282 g/mol. The molecule has 1 heterocycles. The zero-order valence-corrected chi connectivity index (χ0v) is 12.0. The second-order valence-corrected chi connectivity index (χ2v) is 5.54. The van der Waals surface area contributed by atoms with Gasteiger partial charge in [-0.2, -0.15) is 0 Å². The number of carboxylic acids is 1. The van der Waals surface area contributed by atoms with Crippen LogP contribution in [0.25, 0.3) is 0 Å². The lowest BCUT2D eigenvalue weighted by molar-refractivity contribution is 0.0697. The topological polar surface area (TPSA) is 43.8 Å². The van der Waals surface area contributed by atoms with E-state index in [-0.39, 0.29) is 5.56 Å². The van der Waals surface area contributed by atoms with Crippen molar-refractivity contribution < 1.29 is 9.90 Å². The molecule has 19 heavy (non-hydrogen) atoms. The van der Waals surface area contributed by atoms with Crippen molar-refractivity contribution in [2.24, 2.45) is 0 Å². The van der Waals surface area contributed by atoms with Gasteiger partial charge in [-0.1, -0.05) is 11.6 Å². The minimum atomic E-state index is -0.952. The first-order valence-corrected chi connectivity index (χ1v) is 6.81. The van der Waals surface area contributed by atoms with Crippen molar-refractivity contribution in [2.45, 2.75) is 18.9 Å². The standard InChI is InChI=1S/C14H19ClN2O2/c1-16-7-3-4-11(16)9-17(2)13-6-5-10(14(18)19)8-12(13)15/h5-6,8,11H,3-4,7,9H2,1-2H3,(H,18,19). The van der Waals surface area contributed by atoms with Crippen LogP contribution < -0.4 is 4.90 Å². The molecule has 0 bridgehead atoms. The zero-order chi connectivity index (χ0) is 14.0. The van der Waals surface area contributed by atoms with E-state index in [0.29, 0.717) is 11.1 Å². The lowest BCUT2D eigenvalue weighted by atomic mass is 10.1. The van der Waals surface area contributed by atoms with E-state index in [1.165, 1.54) is 18.9 Å². The Morgan fingerprint density at radius 2 is 2.32 bits per heavy atom. The summed E-state index contributed by atoms with van der Waals surface area (Å²) in [5.41, 5.74) is 1.10. The smallest absolute Gasteiger partial charge is 0.335 e. The van der Waals surface area contributed by atoms with Crippen LogP contribution in [0.5, 0.6) is 0 Å². The highest BCUT2D eigenvalue weighted by molar-refractivity contribution is 6.33. The number of hydrogen-bond donors (Lipinski definition) is 1. The summed E-state index contributed by atoms with van der Waals surface area (Å²) in [6.45, 7) is 2.05. The number of aromatic carboxylic acids is 1. The van der Waals surface area contributed by atoms with Crippen LogP contribution in [-0.4, -0.2) is 49.2 Å². The zero-order valence-electron chi connectivity index (χ0n) is 11.3. The third-order valence-corrected chi connectivity index (χ3v) is 4.06. The van der Waals surface area contributed by atoms with Crippen LogP contribution in [0, 0.1) is 0 Å². The third-order valence-electron chi connectivity index (χ3n) is 3.76. The van der Waals surface area contributed by atoms with Crippen molar-refractivity contribution in [3.8, 4) is 0 Å². The van der Waals surface area contributed by atoms with Gasteiger partial charge in [-0.15, -0.1) is 0 Å². The highest BCUT2D eigenvalue weighted by atomic mass is 35.5. The molecule has 0 spiro atoms. The highest BCUT2D eigenvalue weighted by Gasteiger charge is 2.23. The first kappa shape index (κ1) is 14.2.